The Balaban J connectivity index is 2.12. The van der Waals surface area contributed by atoms with E-state index in [2.05, 4.69) is 32.6 Å². The van der Waals surface area contributed by atoms with Crippen LogP contribution in [-0.2, 0) is 0 Å². The topological polar surface area (TPSA) is 45.8 Å². The van der Waals surface area contributed by atoms with Crippen LogP contribution in [0.5, 0.6) is 0 Å². The number of benzene rings is 1. The van der Waals surface area contributed by atoms with Gasteiger partial charge in [-0.05, 0) is 40.8 Å². The first-order valence-corrected chi connectivity index (χ1v) is 6.55. The van der Waals surface area contributed by atoms with Gasteiger partial charge < -0.3 is 4.98 Å². The highest BCUT2D eigenvalue weighted by molar-refractivity contribution is 14.1. The Labute approximate surface area is 117 Å². The maximum Gasteiger partial charge on any atom is 0.195 e. The zero-order valence-corrected chi connectivity index (χ0v) is 11.5. The maximum atomic E-state index is 12.4. The number of nitrogens with zero attached hydrogens (tertiary/aromatic N) is 1. The summed E-state index contributed by atoms with van der Waals surface area (Å²) in [5.74, 6) is 0.0211. The van der Waals surface area contributed by atoms with E-state index in [1.165, 1.54) is 0 Å². The van der Waals surface area contributed by atoms with E-state index in [9.17, 15) is 4.79 Å². The summed E-state index contributed by atoms with van der Waals surface area (Å²) in [5, 5.41) is 0.862. The fourth-order valence-corrected chi connectivity index (χ4v) is 2.48. The summed E-state index contributed by atoms with van der Waals surface area (Å²) >= 11 is 2.20. The Morgan fingerprint density at radius 3 is 3.00 bits per heavy atom. The van der Waals surface area contributed by atoms with Gasteiger partial charge in [0.15, 0.2) is 5.78 Å². The third kappa shape index (κ3) is 1.92. The summed E-state index contributed by atoms with van der Waals surface area (Å²) < 4.78 is 1.05. The molecule has 0 aliphatic carbocycles. The second-order valence-corrected chi connectivity index (χ2v) is 5.21. The lowest BCUT2D eigenvalue weighted by atomic mass is 10.0. The van der Waals surface area contributed by atoms with Gasteiger partial charge in [0.1, 0.15) is 0 Å². The Morgan fingerprint density at radius 1 is 1.28 bits per heavy atom. The Bertz CT molecular complexity index is 733. The van der Waals surface area contributed by atoms with Gasteiger partial charge in [-0.3, -0.25) is 9.78 Å². The number of ketones is 1. The van der Waals surface area contributed by atoms with Crippen molar-refractivity contribution in [3.8, 4) is 0 Å². The molecular weight excluding hydrogens is 339 g/mol. The molecule has 0 fully saturated rings. The molecule has 2 aromatic heterocycles. The van der Waals surface area contributed by atoms with E-state index in [4.69, 9.17) is 0 Å². The van der Waals surface area contributed by atoms with Gasteiger partial charge in [-0.2, -0.15) is 0 Å². The molecule has 0 aliphatic heterocycles. The maximum absolute atomic E-state index is 12.4. The number of rotatable bonds is 2. The molecule has 4 heteroatoms. The van der Waals surface area contributed by atoms with E-state index in [1.807, 2.05) is 30.3 Å². The molecule has 1 aromatic carbocycles. The lowest BCUT2D eigenvalue weighted by Crippen LogP contribution is -2.00. The number of halogens is 1. The number of hydrogen-bond donors (Lipinski definition) is 1. The van der Waals surface area contributed by atoms with Crippen molar-refractivity contribution < 1.29 is 4.79 Å². The molecule has 0 radical (unpaired) electrons. The molecule has 1 N–H and O–H groups in total. The number of aromatic nitrogens is 2. The fourth-order valence-electron chi connectivity index (χ4n) is 1.94. The fraction of sp³-hybridized carbons (Fsp3) is 0. The molecule has 0 bridgehead atoms. The molecule has 2 heterocycles. The largest absolute Gasteiger partial charge is 0.360 e. The first-order chi connectivity index (χ1) is 8.75. The van der Waals surface area contributed by atoms with E-state index >= 15 is 0 Å². The van der Waals surface area contributed by atoms with Crippen LogP contribution in [0, 0.1) is 3.57 Å². The van der Waals surface area contributed by atoms with Crippen LogP contribution in [0.4, 0.5) is 0 Å². The second-order valence-electron chi connectivity index (χ2n) is 3.96. The average Bonchev–Trinajstić information content (AvgIpc) is 2.82. The Hall–Kier alpha value is -1.69. The number of hydrogen-bond acceptors (Lipinski definition) is 2. The van der Waals surface area contributed by atoms with Gasteiger partial charge in [-0.25, -0.2) is 0 Å². The normalized spacial score (nSPS) is 10.7. The van der Waals surface area contributed by atoms with Crippen molar-refractivity contribution in [1.29, 1.82) is 0 Å². The van der Waals surface area contributed by atoms with Crippen LogP contribution in [0.25, 0.3) is 10.9 Å². The van der Waals surface area contributed by atoms with E-state index in [0.29, 0.717) is 11.1 Å². The van der Waals surface area contributed by atoms with Crippen molar-refractivity contribution in [1.82, 2.24) is 9.97 Å². The van der Waals surface area contributed by atoms with E-state index in [1.54, 1.807) is 18.6 Å². The highest BCUT2D eigenvalue weighted by atomic mass is 127. The number of fused-ring (bicyclic) bond motifs is 1. The minimum Gasteiger partial charge on any atom is -0.360 e. The van der Waals surface area contributed by atoms with Crippen LogP contribution in [0.15, 0.2) is 48.9 Å². The van der Waals surface area contributed by atoms with Crippen molar-refractivity contribution in [2.75, 3.05) is 0 Å². The Kier molecular flexibility index (Phi) is 2.87. The number of nitrogens with one attached hydrogen (secondary N) is 1. The molecule has 0 saturated carbocycles. The van der Waals surface area contributed by atoms with Gasteiger partial charge in [0.2, 0.25) is 0 Å². The average molecular weight is 348 g/mol. The molecule has 0 saturated heterocycles. The van der Waals surface area contributed by atoms with E-state index in [0.717, 1.165) is 14.5 Å². The third-order valence-electron chi connectivity index (χ3n) is 2.81. The number of H-pyrrole nitrogens is 1. The summed E-state index contributed by atoms with van der Waals surface area (Å²) in [6, 6.07) is 9.44. The predicted molar refractivity (Wildman–Crippen MR) is 78.7 cm³/mol. The number of carbonyl (C=O) groups excluding carboxylic acids is 1. The van der Waals surface area contributed by atoms with Crippen LogP contribution < -0.4 is 0 Å². The highest BCUT2D eigenvalue weighted by Gasteiger charge is 2.14. The van der Waals surface area contributed by atoms with Crippen LogP contribution in [-0.4, -0.2) is 15.8 Å². The molecule has 88 valence electrons. The smallest absolute Gasteiger partial charge is 0.195 e. The van der Waals surface area contributed by atoms with E-state index < -0.39 is 0 Å². The van der Waals surface area contributed by atoms with Gasteiger partial charge in [0.25, 0.3) is 0 Å². The van der Waals surface area contributed by atoms with Crippen LogP contribution >= 0.6 is 22.6 Å². The quantitative estimate of drug-likeness (QED) is 0.570. The minimum atomic E-state index is 0.0211. The van der Waals surface area contributed by atoms with Crippen LogP contribution in [0.2, 0.25) is 0 Å². The number of carbonyl (C=O) groups is 1. The predicted octanol–water partition coefficient (Wildman–Crippen LogP) is 3.40. The van der Waals surface area contributed by atoms with Gasteiger partial charge in [0, 0.05) is 44.2 Å². The van der Waals surface area contributed by atoms with Crippen molar-refractivity contribution in [2.24, 2.45) is 0 Å². The monoisotopic (exact) mass is 348 g/mol. The lowest BCUT2D eigenvalue weighted by Gasteiger charge is -2.00. The Morgan fingerprint density at radius 2 is 2.17 bits per heavy atom. The molecule has 0 unspecified atom stereocenters. The summed E-state index contributed by atoms with van der Waals surface area (Å²) in [5.41, 5.74) is 2.30. The molecule has 3 aromatic rings. The molecular formula is C14H9IN2O. The molecule has 3 rings (SSSR count). The number of pyridine rings is 1. The van der Waals surface area contributed by atoms with Crippen LogP contribution in [0.3, 0.4) is 0 Å². The van der Waals surface area contributed by atoms with Gasteiger partial charge in [-0.15, -0.1) is 0 Å². The first-order valence-electron chi connectivity index (χ1n) is 5.47. The zero-order chi connectivity index (χ0) is 12.5. The van der Waals surface area contributed by atoms with Crippen molar-refractivity contribution in [3.05, 3.63) is 63.6 Å². The van der Waals surface area contributed by atoms with Gasteiger partial charge in [-0.1, -0.05) is 12.1 Å². The molecule has 18 heavy (non-hydrogen) atoms. The molecule has 0 atom stereocenters. The summed E-state index contributed by atoms with van der Waals surface area (Å²) in [4.78, 5) is 19.6. The lowest BCUT2D eigenvalue weighted by molar-refractivity contribution is 0.104. The molecule has 0 spiro atoms. The highest BCUT2D eigenvalue weighted by Crippen LogP contribution is 2.20. The van der Waals surface area contributed by atoms with Crippen molar-refractivity contribution >= 4 is 39.3 Å². The summed E-state index contributed by atoms with van der Waals surface area (Å²) in [7, 11) is 0. The van der Waals surface area contributed by atoms with Crippen molar-refractivity contribution in [2.45, 2.75) is 0 Å². The van der Waals surface area contributed by atoms with Crippen LogP contribution in [0.1, 0.15) is 15.9 Å². The van der Waals surface area contributed by atoms with Gasteiger partial charge in [0.05, 0.1) is 0 Å². The third-order valence-corrected chi connectivity index (χ3v) is 3.49. The molecule has 3 nitrogen and oxygen atoms in total. The van der Waals surface area contributed by atoms with Crippen molar-refractivity contribution in [3.63, 3.8) is 0 Å². The standard InChI is InChI=1S/C14H9IN2O/c15-10-3-1-2-9(6-10)14(18)12-8-17-13-4-5-16-7-11(12)13/h1-8,17H. The molecule has 0 amide bonds. The summed E-state index contributed by atoms with van der Waals surface area (Å²) in [6.45, 7) is 0. The van der Waals surface area contributed by atoms with E-state index in [-0.39, 0.29) is 5.78 Å². The number of aromatic amines is 1. The first kappa shape index (κ1) is 11.4. The van der Waals surface area contributed by atoms with Gasteiger partial charge >= 0.3 is 0 Å². The summed E-state index contributed by atoms with van der Waals surface area (Å²) in [6.07, 6.45) is 5.17. The SMILES string of the molecule is O=C(c1cccc(I)c1)c1c[nH]c2ccncc12. The minimum absolute atomic E-state index is 0.0211. The molecule has 0 aliphatic rings. The second kappa shape index (κ2) is 4.53. The zero-order valence-electron chi connectivity index (χ0n) is 9.35.